The highest BCUT2D eigenvalue weighted by atomic mass is 35.5. The van der Waals surface area contributed by atoms with Crippen LogP contribution >= 0.6 is 23.4 Å². The molecule has 0 bridgehead atoms. The number of carboxylic acids is 1. The summed E-state index contributed by atoms with van der Waals surface area (Å²) in [6.07, 6.45) is 1.92. The van der Waals surface area contributed by atoms with E-state index in [2.05, 4.69) is 10.3 Å². The van der Waals surface area contributed by atoms with Crippen molar-refractivity contribution in [1.29, 1.82) is 0 Å². The van der Waals surface area contributed by atoms with Gasteiger partial charge in [-0.3, -0.25) is 4.79 Å². The number of rotatable bonds is 3. The molecule has 1 aliphatic rings. The Bertz CT molecular complexity index is 454. The molecule has 1 fully saturated rings. The molecular formula is C10H11ClN2O3S. The summed E-state index contributed by atoms with van der Waals surface area (Å²) in [6.45, 7) is 0. The van der Waals surface area contributed by atoms with Crippen LogP contribution in [-0.4, -0.2) is 39.0 Å². The number of aromatic nitrogens is 1. The van der Waals surface area contributed by atoms with Crippen molar-refractivity contribution in [3.8, 4) is 0 Å². The van der Waals surface area contributed by atoms with Crippen LogP contribution in [0.15, 0.2) is 12.3 Å². The number of carbonyl (C=O) groups is 2. The van der Waals surface area contributed by atoms with Gasteiger partial charge in [-0.05, 0) is 18.2 Å². The summed E-state index contributed by atoms with van der Waals surface area (Å²) in [6, 6.07) is 1.47. The quantitative estimate of drug-likeness (QED) is 0.777. The monoisotopic (exact) mass is 274 g/mol. The topological polar surface area (TPSA) is 82.2 Å². The second-order valence-electron chi connectivity index (χ2n) is 3.88. The summed E-state index contributed by atoms with van der Waals surface area (Å²) in [4.78, 5) is 25.8. The maximum atomic E-state index is 11.9. The molecule has 92 valence electrons. The van der Waals surface area contributed by atoms with Crippen molar-refractivity contribution in [2.45, 2.75) is 12.0 Å². The van der Waals surface area contributed by atoms with E-state index in [4.69, 9.17) is 11.6 Å². The molecule has 1 atom stereocenters. The van der Waals surface area contributed by atoms with Crippen molar-refractivity contribution in [1.82, 2.24) is 10.3 Å². The molecule has 3 N–H and O–H groups in total. The highest BCUT2D eigenvalue weighted by Gasteiger charge is 2.43. The number of hydrogen-bond acceptors (Lipinski definition) is 3. The number of carbonyl (C=O) groups excluding carboxylic acids is 1. The number of H-pyrrole nitrogens is 1. The molecule has 1 aliphatic heterocycles. The lowest BCUT2D eigenvalue weighted by molar-refractivity contribution is -0.143. The van der Waals surface area contributed by atoms with E-state index >= 15 is 0 Å². The van der Waals surface area contributed by atoms with E-state index in [1.165, 1.54) is 24.0 Å². The Balaban J connectivity index is 2.14. The van der Waals surface area contributed by atoms with Crippen LogP contribution in [0, 0.1) is 0 Å². The van der Waals surface area contributed by atoms with Gasteiger partial charge in [0.2, 0.25) is 0 Å². The first-order valence-corrected chi connectivity index (χ1v) is 6.54. The van der Waals surface area contributed by atoms with Gasteiger partial charge in [-0.1, -0.05) is 11.6 Å². The van der Waals surface area contributed by atoms with E-state index in [9.17, 15) is 14.7 Å². The van der Waals surface area contributed by atoms with Crippen LogP contribution in [0.2, 0.25) is 5.02 Å². The summed E-state index contributed by atoms with van der Waals surface area (Å²) in [5.41, 5.74) is -0.883. The average Bonchev–Trinajstić information content (AvgIpc) is 2.87. The number of hydrogen-bond donors (Lipinski definition) is 3. The van der Waals surface area contributed by atoms with Crippen LogP contribution in [-0.2, 0) is 4.79 Å². The smallest absolute Gasteiger partial charge is 0.330 e. The Morgan fingerprint density at radius 3 is 2.82 bits per heavy atom. The minimum Gasteiger partial charge on any atom is -0.479 e. The molecule has 0 saturated carbocycles. The summed E-state index contributed by atoms with van der Waals surface area (Å²) in [5.74, 6) is -0.309. The zero-order valence-corrected chi connectivity index (χ0v) is 10.4. The van der Waals surface area contributed by atoms with Gasteiger partial charge in [0.15, 0.2) is 0 Å². The molecule has 1 unspecified atom stereocenters. The fourth-order valence-electron chi connectivity index (χ4n) is 1.67. The number of thioether (sulfide) groups is 1. The zero-order chi connectivity index (χ0) is 12.5. The molecule has 17 heavy (non-hydrogen) atoms. The fraction of sp³-hybridized carbons (Fsp3) is 0.400. The Morgan fingerprint density at radius 2 is 2.35 bits per heavy atom. The third kappa shape index (κ3) is 2.42. The highest BCUT2D eigenvalue weighted by molar-refractivity contribution is 7.99. The Morgan fingerprint density at radius 1 is 1.59 bits per heavy atom. The lowest BCUT2D eigenvalue weighted by Crippen LogP contribution is -2.54. The highest BCUT2D eigenvalue weighted by Crippen LogP contribution is 2.28. The number of halogens is 1. The van der Waals surface area contributed by atoms with Gasteiger partial charge in [0.1, 0.15) is 11.2 Å². The molecule has 0 radical (unpaired) electrons. The van der Waals surface area contributed by atoms with E-state index in [1.54, 1.807) is 0 Å². The first-order chi connectivity index (χ1) is 8.03. The summed E-state index contributed by atoms with van der Waals surface area (Å²) >= 11 is 7.21. The SMILES string of the molecule is O=C(NC1(C(=O)O)CCSC1)c1cc(Cl)c[nH]1. The van der Waals surface area contributed by atoms with Gasteiger partial charge >= 0.3 is 5.97 Å². The molecule has 0 aliphatic carbocycles. The van der Waals surface area contributed by atoms with E-state index in [0.717, 1.165) is 5.75 Å². The van der Waals surface area contributed by atoms with Crippen LogP contribution in [0.1, 0.15) is 16.9 Å². The number of nitrogens with one attached hydrogen (secondary N) is 2. The maximum absolute atomic E-state index is 11.9. The Hall–Kier alpha value is -1.14. The standard InChI is InChI=1S/C10H11ClN2O3S/c11-6-3-7(12-4-6)8(14)13-10(9(15)16)1-2-17-5-10/h3-4,12H,1-2,5H2,(H,13,14)(H,15,16). The van der Waals surface area contributed by atoms with Crippen molar-refractivity contribution >= 4 is 35.2 Å². The van der Waals surface area contributed by atoms with E-state index in [-0.39, 0.29) is 5.69 Å². The van der Waals surface area contributed by atoms with Gasteiger partial charge in [0, 0.05) is 11.9 Å². The van der Waals surface area contributed by atoms with Crippen LogP contribution in [0.4, 0.5) is 0 Å². The number of aliphatic carboxylic acids is 1. The fourth-order valence-corrected chi connectivity index (χ4v) is 3.16. The van der Waals surface area contributed by atoms with Gasteiger partial charge in [-0.2, -0.15) is 11.8 Å². The summed E-state index contributed by atoms with van der Waals surface area (Å²) in [7, 11) is 0. The molecule has 1 saturated heterocycles. The minimum absolute atomic E-state index is 0.271. The Kier molecular flexibility index (Phi) is 3.35. The van der Waals surface area contributed by atoms with Crippen molar-refractivity contribution in [2.24, 2.45) is 0 Å². The Labute approximate surface area is 107 Å². The molecule has 1 aromatic heterocycles. The maximum Gasteiger partial charge on any atom is 0.330 e. The normalized spacial score (nSPS) is 23.6. The van der Waals surface area contributed by atoms with Crippen LogP contribution in [0.5, 0.6) is 0 Å². The molecule has 0 aromatic carbocycles. The molecular weight excluding hydrogens is 264 g/mol. The first-order valence-electron chi connectivity index (χ1n) is 5.01. The van der Waals surface area contributed by atoms with Gasteiger partial charge in [0.25, 0.3) is 5.91 Å². The van der Waals surface area contributed by atoms with Gasteiger partial charge in [-0.15, -0.1) is 0 Å². The third-order valence-electron chi connectivity index (χ3n) is 2.68. The van der Waals surface area contributed by atoms with Crippen LogP contribution in [0.25, 0.3) is 0 Å². The first kappa shape index (κ1) is 12.3. The lowest BCUT2D eigenvalue weighted by atomic mass is 9.99. The lowest BCUT2D eigenvalue weighted by Gasteiger charge is -2.24. The number of amides is 1. The van der Waals surface area contributed by atoms with E-state index in [0.29, 0.717) is 17.2 Å². The second kappa shape index (κ2) is 4.62. The molecule has 5 nitrogen and oxygen atoms in total. The van der Waals surface area contributed by atoms with Crippen LogP contribution in [0.3, 0.4) is 0 Å². The van der Waals surface area contributed by atoms with Gasteiger partial charge in [0.05, 0.1) is 5.02 Å². The summed E-state index contributed by atoms with van der Waals surface area (Å²) < 4.78 is 0. The zero-order valence-electron chi connectivity index (χ0n) is 8.83. The molecule has 0 spiro atoms. The van der Waals surface area contributed by atoms with E-state index < -0.39 is 17.4 Å². The van der Waals surface area contributed by atoms with Gasteiger partial charge in [-0.25, -0.2) is 4.79 Å². The number of aromatic amines is 1. The molecule has 7 heteroatoms. The van der Waals surface area contributed by atoms with Crippen LogP contribution < -0.4 is 5.32 Å². The largest absolute Gasteiger partial charge is 0.479 e. The summed E-state index contributed by atoms with van der Waals surface area (Å²) in [5, 5.41) is 12.2. The molecule has 1 amide bonds. The van der Waals surface area contributed by atoms with Gasteiger partial charge < -0.3 is 15.4 Å². The third-order valence-corrected chi connectivity index (χ3v) is 4.08. The van der Waals surface area contributed by atoms with Crippen molar-refractivity contribution < 1.29 is 14.7 Å². The van der Waals surface area contributed by atoms with Crippen molar-refractivity contribution in [3.63, 3.8) is 0 Å². The van der Waals surface area contributed by atoms with E-state index in [1.807, 2.05) is 0 Å². The van der Waals surface area contributed by atoms with Crippen molar-refractivity contribution in [3.05, 3.63) is 23.0 Å². The van der Waals surface area contributed by atoms with Crippen molar-refractivity contribution in [2.75, 3.05) is 11.5 Å². The molecule has 2 rings (SSSR count). The molecule has 2 heterocycles. The number of carboxylic acid groups (broad SMARTS) is 1. The second-order valence-corrected chi connectivity index (χ2v) is 5.42. The predicted octanol–water partition coefficient (Wildman–Crippen LogP) is 1.36. The molecule has 1 aromatic rings. The average molecular weight is 275 g/mol. The minimum atomic E-state index is -1.15. The predicted molar refractivity (Wildman–Crippen MR) is 65.6 cm³/mol.